The zero-order chi connectivity index (χ0) is 19.2. The highest BCUT2D eigenvalue weighted by atomic mass is 127. The number of benzene rings is 3. The van der Waals surface area contributed by atoms with E-state index in [1.54, 1.807) is 0 Å². The molecule has 0 fully saturated rings. The maximum absolute atomic E-state index is 9.80. The highest BCUT2D eigenvalue weighted by molar-refractivity contribution is 14.1. The number of halogens is 1. The second-order valence-corrected chi connectivity index (χ2v) is 7.05. The number of rotatable bonds is 6. The lowest BCUT2D eigenvalue weighted by Crippen LogP contribution is -2.00. The molecule has 4 heteroatoms. The number of fused-ring (bicyclic) bond motifs is 1. The first-order valence-corrected chi connectivity index (χ1v) is 9.94. The lowest BCUT2D eigenvalue weighted by atomic mass is 9.97. The van der Waals surface area contributed by atoms with Crippen LogP contribution >= 0.6 is 22.6 Å². The van der Waals surface area contributed by atoms with Gasteiger partial charge in [0.15, 0.2) is 11.5 Å². The van der Waals surface area contributed by atoms with Crippen LogP contribution in [0.3, 0.4) is 0 Å². The van der Waals surface area contributed by atoms with Gasteiger partial charge in [0.1, 0.15) is 0 Å². The van der Waals surface area contributed by atoms with Crippen LogP contribution in [0.15, 0.2) is 54.6 Å². The molecule has 0 amide bonds. The maximum atomic E-state index is 9.80. The molecular weight excluding hydrogens is 449 g/mol. The number of hydrogen-bond donors (Lipinski definition) is 0. The van der Waals surface area contributed by atoms with E-state index in [0.29, 0.717) is 24.5 Å². The first-order valence-electron chi connectivity index (χ1n) is 8.87. The topological polar surface area (TPSA) is 42.2 Å². The van der Waals surface area contributed by atoms with Gasteiger partial charge in [-0.25, -0.2) is 0 Å². The van der Waals surface area contributed by atoms with Gasteiger partial charge < -0.3 is 9.47 Å². The summed E-state index contributed by atoms with van der Waals surface area (Å²) in [7, 11) is 0. The summed E-state index contributed by atoms with van der Waals surface area (Å²) in [6.07, 6.45) is 1.90. The average molecular weight is 469 g/mol. The van der Waals surface area contributed by atoms with Crippen LogP contribution in [-0.4, -0.2) is 13.2 Å². The van der Waals surface area contributed by atoms with Gasteiger partial charge in [-0.1, -0.05) is 42.5 Å². The van der Waals surface area contributed by atoms with Crippen molar-refractivity contribution in [2.24, 2.45) is 0 Å². The second kappa shape index (κ2) is 8.92. The lowest BCUT2D eigenvalue weighted by Gasteiger charge is -2.14. The molecule has 3 nitrogen and oxygen atoms in total. The fourth-order valence-electron chi connectivity index (χ4n) is 3.02. The van der Waals surface area contributed by atoms with Gasteiger partial charge in [-0.15, -0.1) is 0 Å². The lowest BCUT2D eigenvalue weighted by molar-refractivity contribution is 0.286. The zero-order valence-electron chi connectivity index (χ0n) is 15.3. The molecule has 0 saturated carbocycles. The van der Waals surface area contributed by atoms with Crippen molar-refractivity contribution in [1.29, 1.82) is 5.26 Å². The van der Waals surface area contributed by atoms with Crippen LogP contribution in [0.2, 0.25) is 0 Å². The Labute approximate surface area is 173 Å². The van der Waals surface area contributed by atoms with E-state index in [2.05, 4.69) is 40.8 Å². The minimum absolute atomic E-state index is 0.553. The zero-order valence-corrected chi connectivity index (χ0v) is 17.5. The van der Waals surface area contributed by atoms with Crippen molar-refractivity contribution in [2.45, 2.75) is 13.8 Å². The van der Waals surface area contributed by atoms with Gasteiger partial charge in [0.05, 0.1) is 28.4 Å². The molecule has 0 bridgehead atoms. The summed E-state index contributed by atoms with van der Waals surface area (Å²) >= 11 is 2.25. The summed E-state index contributed by atoms with van der Waals surface area (Å²) in [5.41, 5.74) is 2.46. The summed E-state index contributed by atoms with van der Waals surface area (Å²) in [5.74, 6) is 1.45. The third kappa shape index (κ3) is 4.25. The Morgan fingerprint density at radius 3 is 2.52 bits per heavy atom. The van der Waals surface area contributed by atoms with Gasteiger partial charge in [-0.05, 0) is 71.0 Å². The minimum Gasteiger partial charge on any atom is -0.490 e. The van der Waals surface area contributed by atoms with Crippen molar-refractivity contribution >= 4 is 45.0 Å². The quantitative estimate of drug-likeness (QED) is 0.242. The maximum Gasteiger partial charge on any atom is 0.174 e. The van der Waals surface area contributed by atoms with Crippen LogP contribution in [0.4, 0.5) is 0 Å². The molecule has 0 atom stereocenters. The van der Waals surface area contributed by atoms with Gasteiger partial charge in [0.25, 0.3) is 0 Å². The van der Waals surface area contributed by atoms with Crippen LogP contribution in [0.5, 0.6) is 11.5 Å². The standard InChI is InChI=1S/C23H20INO2/c1-3-26-22-14-16(13-21(24)23(22)27-4-2)12-18(15-25)20-11-7-9-17-8-5-6-10-19(17)20/h5-14H,3-4H2,1-2H3/b18-12-. The number of nitrogens with zero attached hydrogens (tertiary/aromatic N) is 1. The van der Waals surface area contributed by atoms with Crippen molar-refractivity contribution in [3.63, 3.8) is 0 Å². The normalized spacial score (nSPS) is 11.3. The molecule has 0 aliphatic heterocycles. The Morgan fingerprint density at radius 2 is 1.78 bits per heavy atom. The highest BCUT2D eigenvalue weighted by Gasteiger charge is 2.12. The summed E-state index contributed by atoms with van der Waals surface area (Å²) in [6, 6.07) is 20.4. The van der Waals surface area contributed by atoms with Crippen LogP contribution in [0.1, 0.15) is 25.0 Å². The van der Waals surface area contributed by atoms with Gasteiger partial charge in [-0.3, -0.25) is 0 Å². The molecule has 0 radical (unpaired) electrons. The van der Waals surface area contributed by atoms with E-state index in [1.165, 1.54) is 0 Å². The molecule has 0 unspecified atom stereocenters. The summed E-state index contributed by atoms with van der Waals surface area (Å²) in [4.78, 5) is 0. The Balaban J connectivity index is 2.12. The van der Waals surface area contributed by atoms with Crippen LogP contribution < -0.4 is 9.47 Å². The van der Waals surface area contributed by atoms with Crippen molar-refractivity contribution in [1.82, 2.24) is 0 Å². The first-order chi connectivity index (χ1) is 13.2. The number of ether oxygens (including phenoxy) is 2. The van der Waals surface area contributed by atoms with E-state index >= 15 is 0 Å². The Bertz CT molecular complexity index is 1030. The molecule has 3 aromatic carbocycles. The predicted molar refractivity (Wildman–Crippen MR) is 119 cm³/mol. The van der Waals surface area contributed by atoms with E-state index in [-0.39, 0.29) is 0 Å². The Hall–Kier alpha value is -2.52. The first kappa shape index (κ1) is 19.2. The highest BCUT2D eigenvalue weighted by Crippen LogP contribution is 2.36. The van der Waals surface area contributed by atoms with Gasteiger partial charge >= 0.3 is 0 Å². The van der Waals surface area contributed by atoms with Gasteiger partial charge in [-0.2, -0.15) is 5.26 Å². The van der Waals surface area contributed by atoms with Crippen LogP contribution in [0, 0.1) is 14.9 Å². The predicted octanol–water partition coefficient (Wildman–Crippen LogP) is 6.31. The number of nitriles is 1. The third-order valence-corrected chi connectivity index (χ3v) is 4.93. The van der Waals surface area contributed by atoms with E-state index < -0.39 is 0 Å². The molecule has 27 heavy (non-hydrogen) atoms. The average Bonchev–Trinajstić information content (AvgIpc) is 2.68. The van der Waals surface area contributed by atoms with Gasteiger partial charge in [0.2, 0.25) is 0 Å². The summed E-state index contributed by atoms with van der Waals surface area (Å²) in [5, 5.41) is 12.0. The summed E-state index contributed by atoms with van der Waals surface area (Å²) < 4.78 is 12.5. The van der Waals surface area contributed by atoms with Crippen molar-refractivity contribution in [3.05, 3.63) is 69.3 Å². The fourth-order valence-corrected chi connectivity index (χ4v) is 3.80. The largest absolute Gasteiger partial charge is 0.490 e. The smallest absolute Gasteiger partial charge is 0.174 e. The molecule has 0 heterocycles. The van der Waals surface area contributed by atoms with Crippen LogP contribution in [0.25, 0.3) is 22.4 Å². The molecule has 136 valence electrons. The number of hydrogen-bond acceptors (Lipinski definition) is 3. The molecular formula is C23H20INO2. The van der Waals surface area contributed by atoms with E-state index in [1.807, 2.05) is 62.4 Å². The molecule has 3 rings (SSSR count). The minimum atomic E-state index is 0.553. The van der Waals surface area contributed by atoms with Crippen molar-refractivity contribution in [2.75, 3.05) is 13.2 Å². The van der Waals surface area contributed by atoms with Crippen molar-refractivity contribution < 1.29 is 9.47 Å². The van der Waals surface area contributed by atoms with Crippen molar-refractivity contribution in [3.8, 4) is 17.6 Å². The fraction of sp³-hybridized carbons (Fsp3) is 0.174. The Morgan fingerprint density at radius 1 is 1.04 bits per heavy atom. The molecule has 3 aromatic rings. The number of allylic oxidation sites excluding steroid dienone is 1. The Kier molecular flexibility index (Phi) is 6.36. The molecule has 0 aliphatic rings. The molecule has 0 aliphatic carbocycles. The molecule has 0 spiro atoms. The molecule has 0 N–H and O–H groups in total. The molecule has 0 saturated heterocycles. The van der Waals surface area contributed by atoms with E-state index in [0.717, 1.165) is 31.2 Å². The van der Waals surface area contributed by atoms with Crippen LogP contribution in [-0.2, 0) is 0 Å². The van der Waals surface area contributed by atoms with E-state index in [4.69, 9.17) is 9.47 Å². The SMILES string of the molecule is CCOc1cc(/C=C(/C#N)c2cccc3ccccc23)cc(I)c1OCC. The monoisotopic (exact) mass is 469 g/mol. The van der Waals surface area contributed by atoms with Gasteiger partial charge in [0, 0.05) is 5.56 Å². The second-order valence-electron chi connectivity index (χ2n) is 5.89. The third-order valence-electron chi connectivity index (χ3n) is 4.13. The summed E-state index contributed by atoms with van der Waals surface area (Å²) in [6.45, 7) is 5.03. The molecule has 0 aromatic heterocycles. The van der Waals surface area contributed by atoms with E-state index in [9.17, 15) is 5.26 Å².